The molecule has 0 saturated carbocycles. The Bertz CT molecular complexity index is 877. The van der Waals surface area contributed by atoms with Crippen LogP contribution in [0.15, 0.2) is 70.2 Å². The van der Waals surface area contributed by atoms with Gasteiger partial charge in [-0.2, -0.15) is 4.98 Å². The molecule has 0 aliphatic heterocycles. The van der Waals surface area contributed by atoms with Crippen LogP contribution in [0.3, 0.4) is 0 Å². The molecule has 2 aromatic carbocycles. The Hall–Kier alpha value is -3.15. The van der Waals surface area contributed by atoms with Crippen LogP contribution in [0, 0.1) is 6.92 Å². The summed E-state index contributed by atoms with van der Waals surface area (Å²) in [6, 6.07) is 21.2. The van der Waals surface area contributed by atoms with Crippen LogP contribution in [0.2, 0.25) is 0 Å². The highest BCUT2D eigenvalue weighted by molar-refractivity contribution is 5.79. The fraction of sp³-hybridized carbons (Fsp3) is 0.348. The summed E-state index contributed by atoms with van der Waals surface area (Å²) in [5, 5.41) is 10.7. The van der Waals surface area contributed by atoms with Gasteiger partial charge in [0.15, 0.2) is 11.8 Å². The molecule has 0 saturated heterocycles. The predicted octanol–water partition coefficient (Wildman–Crippen LogP) is 3.50. The lowest BCUT2D eigenvalue weighted by Crippen LogP contribution is -2.40. The van der Waals surface area contributed by atoms with Crippen molar-refractivity contribution in [3.8, 4) is 0 Å². The number of hydrogen-bond donors (Lipinski definition) is 2. The van der Waals surface area contributed by atoms with Crippen molar-refractivity contribution < 1.29 is 4.52 Å². The van der Waals surface area contributed by atoms with Crippen LogP contribution >= 0.6 is 0 Å². The van der Waals surface area contributed by atoms with Gasteiger partial charge in [-0.3, -0.25) is 4.99 Å². The standard InChI is InChI=1S/C23H29N5O/c1-18-27-22(29-28-18)14-9-15-25-23(24-2)26-17-21(20-12-7-4-8-13-20)16-19-10-5-3-6-11-19/h3-8,10-13,21H,9,14-17H2,1-2H3,(H2,24,25,26). The Morgan fingerprint density at radius 2 is 1.76 bits per heavy atom. The predicted molar refractivity (Wildman–Crippen MR) is 116 cm³/mol. The molecule has 0 bridgehead atoms. The Morgan fingerprint density at radius 3 is 2.41 bits per heavy atom. The Labute approximate surface area is 172 Å². The summed E-state index contributed by atoms with van der Waals surface area (Å²) in [5.41, 5.74) is 2.66. The summed E-state index contributed by atoms with van der Waals surface area (Å²) in [7, 11) is 1.80. The van der Waals surface area contributed by atoms with Gasteiger partial charge in [-0.05, 0) is 30.9 Å². The lowest BCUT2D eigenvalue weighted by Gasteiger charge is -2.20. The first-order valence-electron chi connectivity index (χ1n) is 10.1. The topological polar surface area (TPSA) is 75.3 Å². The zero-order valence-electron chi connectivity index (χ0n) is 17.1. The van der Waals surface area contributed by atoms with E-state index in [0.717, 1.165) is 38.3 Å². The quantitative estimate of drug-likeness (QED) is 0.332. The van der Waals surface area contributed by atoms with Crippen LogP contribution in [0.25, 0.3) is 0 Å². The summed E-state index contributed by atoms with van der Waals surface area (Å²) in [6.07, 6.45) is 2.63. The molecule has 0 aliphatic carbocycles. The van der Waals surface area contributed by atoms with Gasteiger partial charge in [-0.1, -0.05) is 65.8 Å². The van der Waals surface area contributed by atoms with Crippen LogP contribution in [0.1, 0.15) is 35.2 Å². The van der Waals surface area contributed by atoms with Gasteiger partial charge in [0.05, 0.1) is 0 Å². The molecule has 1 heterocycles. The minimum Gasteiger partial charge on any atom is -0.356 e. The highest BCUT2D eigenvalue weighted by Crippen LogP contribution is 2.20. The monoisotopic (exact) mass is 391 g/mol. The normalized spacial score (nSPS) is 12.6. The van der Waals surface area contributed by atoms with Crippen LogP contribution in [-0.2, 0) is 12.8 Å². The molecule has 152 valence electrons. The SMILES string of the molecule is CN=C(NCCCc1nc(C)no1)NCC(Cc1ccccc1)c1ccccc1. The molecule has 1 unspecified atom stereocenters. The van der Waals surface area contributed by atoms with E-state index in [-0.39, 0.29) is 0 Å². The molecule has 3 aromatic rings. The number of benzene rings is 2. The zero-order chi connectivity index (χ0) is 20.3. The number of aliphatic imine (C=N–C) groups is 1. The molecule has 29 heavy (non-hydrogen) atoms. The average molecular weight is 392 g/mol. The van der Waals surface area contributed by atoms with E-state index in [2.05, 4.69) is 86.4 Å². The van der Waals surface area contributed by atoms with E-state index >= 15 is 0 Å². The highest BCUT2D eigenvalue weighted by atomic mass is 16.5. The van der Waals surface area contributed by atoms with Gasteiger partial charge in [0, 0.05) is 32.5 Å². The molecule has 0 amide bonds. The fourth-order valence-corrected chi connectivity index (χ4v) is 3.26. The number of rotatable bonds is 9. The minimum atomic E-state index is 0.360. The first-order valence-corrected chi connectivity index (χ1v) is 10.1. The summed E-state index contributed by atoms with van der Waals surface area (Å²) in [6.45, 7) is 3.42. The van der Waals surface area contributed by atoms with Crippen molar-refractivity contribution >= 4 is 5.96 Å². The van der Waals surface area contributed by atoms with E-state index in [1.54, 1.807) is 7.05 Å². The van der Waals surface area contributed by atoms with Gasteiger partial charge in [0.2, 0.25) is 5.89 Å². The first kappa shape index (κ1) is 20.6. The van der Waals surface area contributed by atoms with Crippen LogP contribution in [0.4, 0.5) is 0 Å². The van der Waals surface area contributed by atoms with Crippen molar-refractivity contribution in [1.82, 2.24) is 20.8 Å². The molecule has 0 spiro atoms. The number of nitrogens with one attached hydrogen (secondary N) is 2. The number of aryl methyl sites for hydroxylation is 2. The van der Waals surface area contributed by atoms with Gasteiger partial charge < -0.3 is 15.2 Å². The minimum absolute atomic E-state index is 0.360. The largest absolute Gasteiger partial charge is 0.356 e. The van der Waals surface area contributed by atoms with Crippen molar-refractivity contribution in [2.24, 2.45) is 4.99 Å². The van der Waals surface area contributed by atoms with E-state index in [1.807, 2.05) is 6.92 Å². The van der Waals surface area contributed by atoms with E-state index in [0.29, 0.717) is 17.6 Å². The van der Waals surface area contributed by atoms with Crippen molar-refractivity contribution in [3.05, 3.63) is 83.5 Å². The Balaban J connectivity index is 1.51. The lowest BCUT2D eigenvalue weighted by atomic mass is 9.92. The van der Waals surface area contributed by atoms with Crippen LogP contribution in [-0.4, -0.2) is 36.2 Å². The third-order valence-electron chi connectivity index (χ3n) is 4.76. The van der Waals surface area contributed by atoms with Crippen molar-refractivity contribution in [3.63, 3.8) is 0 Å². The van der Waals surface area contributed by atoms with Crippen LogP contribution < -0.4 is 10.6 Å². The highest BCUT2D eigenvalue weighted by Gasteiger charge is 2.13. The molecular formula is C23H29N5O. The second-order valence-electron chi connectivity index (χ2n) is 7.02. The van der Waals surface area contributed by atoms with Crippen LogP contribution in [0.5, 0.6) is 0 Å². The van der Waals surface area contributed by atoms with Gasteiger partial charge in [-0.25, -0.2) is 0 Å². The van der Waals surface area contributed by atoms with E-state index < -0.39 is 0 Å². The van der Waals surface area contributed by atoms with Crippen molar-refractivity contribution in [2.75, 3.05) is 20.1 Å². The van der Waals surface area contributed by atoms with Crippen molar-refractivity contribution in [2.45, 2.75) is 32.1 Å². The molecular weight excluding hydrogens is 362 g/mol. The Kier molecular flexibility index (Phi) is 7.81. The van der Waals surface area contributed by atoms with Crippen molar-refractivity contribution in [1.29, 1.82) is 0 Å². The zero-order valence-corrected chi connectivity index (χ0v) is 17.1. The van der Waals surface area contributed by atoms with E-state index in [4.69, 9.17) is 4.52 Å². The molecule has 2 N–H and O–H groups in total. The lowest BCUT2D eigenvalue weighted by molar-refractivity contribution is 0.372. The number of aromatic nitrogens is 2. The molecule has 1 aromatic heterocycles. The van der Waals surface area contributed by atoms with E-state index in [9.17, 15) is 0 Å². The van der Waals surface area contributed by atoms with Gasteiger partial charge >= 0.3 is 0 Å². The summed E-state index contributed by atoms with van der Waals surface area (Å²) in [5.74, 6) is 2.52. The molecule has 6 heteroatoms. The number of nitrogens with zero attached hydrogens (tertiary/aromatic N) is 3. The van der Waals surface area contributed by atoms with Gasteiger partial charge in [0.1, 0.15) is 0 Å². The second kappa shape index (κ2) is 11.0. The van der Waals surface area contributed by atoms with Gasteiger partial charge in [-0.15, -0.1) is 0 Å². The third-order valence-corrected chi connectivity index (χ3v) is 4.76. The van der Waals surface area contributed by atoms with E-state index in [1.165, 1.54) is 11.1 Å². The number of hydrogen-bond acceptors (Lipinski definition) is 4. The molecule has 0 radical (unpaired) electrons. The first-order chi connectivity index (χ1) is 14.2. The van der Waals surface area contributed by atoms with Gasteiger partial charge in [0.25, 0.3) is 0 Å². The fourth-order valence-electron chi connectivity index (χ4n) is 3.26. The summed E-state index contributed by atoms with van der Waals surface area (Å²) >= 11 is 0. The average Bonchev–Trinajstić information content (AvgIpc) is 3.18. The molecule has 6 nitrogen and oxygen atoms in total. The molecule has 0 fully saturated rings. The summed E-state index contributed by atoms with van der Waals surface area (Å²) < 4.78 is 5.15. The number of guanidine groups is 1. The maximum absolute atomic E-state index is 5.15. The third kappa shape index (κ3) is 6.75. The maximum atomic E-state index is 5.15. The summed E-state index contributed by atoms with van der Waals surface area (Å²) in [4.78, 5) is 8.58. The molecule has 1 atom stereocenters. The smallest absolute Gasteiger partial charge is 0.226 e. The maximum Gasteiger partial charge on any atom is 0.226 e. The molecule has 3 rings (SSSR count). The molecule has 0 aliphatic rings. The second-order valence-corrected chi connectivity index (χ2v) is 7.02. The Morgan fingerprint density at radius 1 is 1.03 bits per heavy atom.